The third-order valence-corrected chi connectivity index (χ3v) is 3.64. The molecule has 0 bridgehead atoms. The van der Waals surface area contributed by atoms with Crippen LogP contribution in [0.15, 0.2) is 24.3 Å². The standard InChI is InChI=1S/C16H23N3O4/c1-22-12-13-2-4-14(5-3-13)19(10-15(17)20)16(21)11-18-6-8-23-9-7-18/h2-5H,6-12H2,1H3,(H2,17,20). The number of carbonyl (C=O) groups excluding carboxylic acids is 2. The number of hydrogen-bond donors (Lipinski definition) is 1. The zero-order valence-corrected chi connectivity index (χ0v) is 13.4. The van der Waals surface area contributed by atoms with Crippen molar-refractivity contribution in [2.24, 2.45) is 5.73 Å². The predicted molar refractivity (Wildman–Crippen MR) is 86.0 cm³/mol. The second-order valence-corrected chi connectivity index (χ2v) is 5.43. The van der Waals surface area contributed by atoms with E-state index < -0.39 is 5.91 Å². The fraction of sp³-hybridized carbons (Fsp3) is 0.500. The van der Waals surface area contributed by atoms with Crippen molar-refractivity contribution < 1.29 is 19.1 Å². The predicted octanol–water partition coefficient (Wildman–Crippen LogP) is -0.0165. The molecular formula is C16H23N3O4. The Hall–Kier alpha value is -1.96. The fourth-order valence-electron chi connectivity index (χ4n) is 2.45. The van der Waals surface area contributed by atoms with E-state index >= 15 is 0 Å². The molecule has 0 saturated carbocycles. The molecular weight excluding hydrogens is 298 g/mol. The summed E-state index contributed by atoms with van der Waals surface area (Å²) in [6.45, 7) is 3.27. The highest BCUT2D eigenvalue weighted by Gasteiger charge is 2.21. The van der Waals surface area contributed by atoms with E-state index in [1.165, 1.54) is 4.90 Å². The monoisotopic (exact) mass is 321 g/mol. The Kier molecular flexibility index (Phi) is 6.52. The molecule has 0 radical (unpaired) electrons. The number of amides is 2. The Balaban J connectivity index is 2.08. The molecule has 1 heterocycles. The number of methoxy groups -OCH3 is 1. The molecule has 1 aliphatic heterocycles. The van der Waals surface area contributed by atoms with E-state index in [0.29, 0.717) is 38.6 Å². The van der Waals surface area contributed by atoms with Gasteiger partial charge in [-0.3, -0.25) is 14.5 Å². The van der Waals surface area contributed by atoms with Crippen LogP contribution in [-0.4, -0.2) is 63.2 Å². The zero-order valence-electron chi connectivity index (χ0n) is 13.4. The molecule has 23 heavy (non-hydrogen) atoms. The van der Waals surface area contributed by atoms with Gasteiger partial charge in [-0.15, -0.1) is 0 Å². The van der Waals surface area contributed by atoms with Crippen molar-refractivity contribution in [3.8, 4) is 0 Å². The van der Waals surface area contributed by atoms with Gasteiger partial charge in [-0.05, 0) is 17.7 Å². The van der Waals surface area contributed by atoms with Crippen LogP contribution in [0.2, 0.25) is 0 Å². The van der Waals surface area contributed by atoms with Crippen LogP contribution in [-0.2, 0) is 25.7 Å². The van der Waals surface area contributed by atoms with Crippen LogP contribution < -0.4 is 10.6 Å². The SMILES string of the molecule is COCc1ccc(N(CC(N)=O)C(=O)CN2CCOCC2)cc1. The lowest BCUT2D eigenvalue weighted by Crippen LogP contribution is -2.47. The summed E-state index contributed by atoms with van der Waals surface area (Å²) in [5.41, 5.74) is 6.94. The number of ether oxygens (including phenoxy) is 2. The summed E-state index contributed by atoms with van der Waals surface area (Å²) in [6.07, 6.45) is 0. The minimum atomic E-state index is -0.540. The summed E-state index contributed by atoms with van der Waals surface area (Å²) in [5.74, 6) is -0.688. The second-order valence-electron chi connectivity index (χ2n) is 5.43. The van der Waals surface area contributed by atoms with E-state index in [1.807, 2.05) is 17.0 Å². The van der Waals surface area contributed by atoms with Crippen molar-refractivity contribution in [3.63, 3.8) is 0 Å². The molecule has 1 fully saturated rings. The quantitative estimate of drug-likeness (QED) is 0.763. The third kappa shape index (κ3) is 5.31. The summed E-state index contributed by atoms with van der Waals surface area (Å²) >= 11 is 0. The smallest absolute Gasteiger partial charge is 0.241 e. The maximum Gasteiger partial charge on any atom is 0.241 e. The topological polar surface area (TPSA) is 85.1 Å². The maximum atomic E-state index is 12.6. The molecule has 2 rings (SSSR count). The van der Waals surface area contributed by atoms with Crippen molar-refractivity contribution in [2.75, 3.05) is 51.4 Å². The molecule has 1 aromatic rings. The lowest BCUT2D eigenvalue weighted by atomic mass is 10.2. The van der Waals surface area contributed by atoms with Gasteiger partial charge in [-0.1, -0.05) is 12.1 Å². The molecule has 2 N–H and O–H groups in total. The Morgan fingerprint density at radius 3 is 2.48 bits per heavy atom. The minimum Gasteiger partial charge on any atom is -0.380 e. The van der Waals surface area contributed by atoms with Gasteiger partial charge in [0.2, 0.25) is 11.8 Å². The first-order valence-corrected chi connectivity index (χ1v) is 7.57. The summed E-state index contributed by atoms with van der Waals surface area (Å²) in [5, 5.41) is 0. The lowest BCUT2D eigenvalue weighted by molar-refractivity contribution is -0.123. The fourth-order valence-corrected chi connectivity index (χ4v) is 2.45. The van der Waals surface area contributed by atoms with Gasteiger partial charge >= 0.3 is 0 Å². The highest BCUT2D eigenvalue weighted by Crippen LogP contribution is 2.16. The van der Waals surface area contributed by atoms with Crippen molar-refractivity contribution in [3.05, 3.63) is 29.8 Å². The van der Waals surface area contributed by atoms with Crippen LogP contribution in [0.25, 0.3) is 0 Å². The average Bonchev–Trinajstić information content (AvgIpc) is 2.54. The largest absolute Gasteiger partial charge is 0.380 e. The van der Waals surface area contributed by atoms with Gasteiger partial charge in [0.05, 0.1) is 26.4 Å². The lowest BCUT2D eigenvalue weighted by Gasteiger charge is -2.29. The molecule has 2 amide bonds. The van der Waals surface area contributed by atoms with E-state index in [2.05, 4.69) is 0 Å². The van der Waals surface area contributed by atoms with Gasteiger partial charge in [0.15, 0.2) is 0 Å². The Bertz CT molecular complexity index is 527. The zero-order chi connectivity index (χ0) is 16.7. The number of carbonyl (C=O) groups is 2. The molecule has 0 unspecified atom stereocenters. The van der Waals surface area contributed by atoms with Gasteiger partial charge < -0.3 is 20.1 Å². The second kappa shape index (κ2) is 8.61. The van der Waals surface area contributed by atoms with Crippen LogP contribution in [0.4, 0.5) is 5.69 Å². The maximum absolute atomic E-state index is 12.6. The molecule has 0 aromatic heterocycles. The first-order valence-electron chi connectivity index (χ1n) is 7.57. The van der Waals surface area contributed by atoms with Crippen molar-refractivity contribution in [2.45, 2.75) is 6.61 Å². The number of hydrogen-bond acceptors (Lipinski definition) is 5. The van der Waals surface area contributed by atoms with E-state index in [-0.39, 0.29) is 19.0 Å². The minimum absolute atomic E-state index is 0.132. The first-order chi connectivity index (χ1) is 11.1. The molecule has 0 aliphatic carbocycles. The number of morpholine rings is 1. The van der Waals surface area contributed by atoms with Gasteiger partial charge in [-0.25, -0.2) is 0 Å². The normalized spacial score (nSPS) is 15.3. The first kappa shape index (κ1) is 17.4. The van der Waals surface area contributed by atoms with Crippen LogP contribution in [0.1, 0.15) is 5.56 Å². The molecule has 7 nitrogen and oxygen atoms in total. The molecule has 1 aromatic carbocycles. The Morgan fingerprint density at radius 2 is 1.91 bits per heavy atom. The van der Waals surface area contributed by atoms with E-state index in [9.17, 15) is 9.59 Å². The number of primary amides is 1. The Labute approximate surface area is 135 Å². The highest BCUT2D eigenvalue weighted by molar-refractivity contribution is 5.99. The van der Waals surface area contributed by atoms with Crippen LogP contribution in [0.5, 0.6) is 0 Å². The molecule has 0 spiro atoms. The van der Waals surface area contributed by atoms with Crippen molar-refractivity contribution in [1.82, 2.24) is 4.90 Å². The molecule has 1 saturated heterocycles. The molecule has 7 heteroatoms. The number of nitrogens with zero attached hydrogens (tertiary/aromatic N) is 2. The number of nitrogens with two attached hydrogens (primary N) is 1. The van der Waals surface area contributed by atoms with Gasteiger partial charge in [0.25, 0.3) is 0 Å². The molecule has 0 atom stereocenters. The van der Waals surface area contributed by atoms with E-state index in [0.717, 1.165) is 5.56 Å². The molecule has 1 aliphatic rings. The summed E-state index contributed by atoms with van der Waals surface area (Å²) < 4.78 is 10.3. The highest BCUT2D eigenvalue weighted by atomic mass is 16.5. The van der Waals surface area contributed by atoms with Gasteiger partial charge in [-0.2, -0.15) is 0 Å². The number of anilines is 1. The Morgan fingerprint density at radius 1 is 1.26 bits per heavy atom. The van der Waals surface area contributed by atoms with Crippen molar-refractivity contribution >= 4 is 17.5 Å². The summed E-state index contributed by atoms with van der Waals surface area (Å²) in [6, 6.07) is 7.34. The van der Waals surface area contributed by atoms with E-state index in [4.69, 9.17) is 15.2 Å². The number of benzene rings is 1. The van der Waals surface area contributed by atoms with Crippen LogP contribution in [0.3, 0.4) is 0 Å². The van der Waals surface area contributed by atoms with Gasteiger partial charge in [0.1, 0.15) is 6.54 Å². The van der Waals surface area contributed by atoms with Crippen LogP contribution >= 0.6 is 0 Å². The number of rotatable bonds is 7. The summed E-state index contributed by atoms with van der Waals surface area (Å²) in [4.78, 5) is 27.3. The van der Waals surface area contributed by atoms with Gasteiger partial charge in [0, 0.05) is 25.9 Å². The van der Waals surface area contributed by atoms with E-state index in [1.54, 1.807) is 19.2 Å². The molecule has 126 valence electrons. The van der Waals surface area contributed by atoms with Crippen LogP contribution in [0, 0.1) is 0 Å². The third-order valence-electron chi connectivity index (χ3n) is 3.64. The van der Waals surface area contributed by atoms with Crippen molar-refractivity contribution in [1.29, 1.82) is 0 Å². The summed E-state index contributed by atoms with van der Waals surface area (Å²) in [7, 11) is 1.62. The average molecular weight is 321 g/mol.